The lowest BCUT2D eigenvalue weighted by Crippen LogP contribution is -2.35. The SMILES string of the molecule is CC(C)=CC(=O)N[C@H]1CCNC1. The van der Waals surface area contributed by atoms with Crippen LogP contribution in [0.15, 0.2) is 11.6 Å². The summed E-state index contributed by atoms with van der Waals surface area (Å²) >= 11 is 0. The fraction of sp³-hybridized carbons (Fsp3) is 0.667. The predicted molar refractivity (Wildman–Crippen MR) is 48.8 cm³/mol. The average Bonchev–Trinajstić information content (AvgIpc) is 2.37. The molecule has 0 saturated carbocycles. The second-order valence-electron chi connectivity index (χ2n) is 3.42. The summed E-state index contributed by atoms with van der Waals surface area (Å²) in [5.41, 5.74) is 1.04. The van der Waals surface area contributed by atoms with Gasteiger partial charge in [-0.05, 0) is 26.8 Å². The van der Waals surface area contributed by atoms with Crippen molar-refractivity contribution in [3.8, 4) is 0 Å². The molecular weight excluding hydrogens is 152 g/mol. The first kappa shape index (κ1) is 9.26. The molecular formula is C9H16N2O. The molecule has 1 aliphatic heterocycles. The molecule has 68 valence electrons. The van der Waals surface area contributed by atoms with Crippen LogP contribution in [-0.2, 0) is 4.79 Å². The Morgan fingerprint density at radius 1 is 1.58 bits per heavy atom. The molecule has 1 heterocycles. The number of carbonyl (C=O) groups excluding carboxylic acids is 1. The van der Waals surface area contributed by atoms with E-state index in [-0.39, 0.29) is 5.91 Å². The Kier molecular flexibility index (Phi) is 3.29. The first-order valence-electron chi connectivity index (χ1n) is 4.34. The fourth-order valence-corrected chi connectivity index (χ4v) is 1.28. The number of rotatable bonds is 2. The highest BCUT2D eigenvalue weighted by Crippen LogP contribution is 1.97. The lowest BCUT2D eigenvalue weighted by molar-refractivity contribution is -0.117. The van der Waals surface area contributed by atoms with Crippen LogP contribution in [0, 0.1) is 0 Å². The standard InChI is InChI=1S/C9H16N2O/c1-7(2)5-9(12)11-8-3-4-10-6-8/h5,8,10H,3-4,6H2,1-2H3,(H,11,12)/t8-/m0/s1. The molecule has 0 aromatic heterocycles. The minimum absolute atomic E-state index is 0.0312. The van der Waals surface area contributed by atoms with Crippen molar-refractivity contribution in [3.63, 3.8) is 0 Å². The molecule has 0 aromatic carbocycles. The Morgan fingerprint density at radius 3 is 2.83 bits per heavy atom. The van der Waals surface area contributed by atoms with Crippen molar-refractivity contribution in [2.45, 2.75) is 26.3 Å². The highest BCUT2D eigenvalue weighted by molar-refractivity contribution is 5.88. The number of allylic oxidation sites excluding steroid dienone is 1. The Bertz CT molecular complexity index is 189. The van der Waals surface area contributed by atoms with Crippen LogP contribution in [0.3, 0.4) is 0 Å². The van der Waals surface area contributed by atoms with E-state index in [0.717, 1.165) is 25.1 Å². The Hall–Kier alpha value is -0.830. The molecule has 0 unspecified atom stereocenters. The van der Waals surface area contributed by atoms with Crippen LogP contribution in [0.5, 0.6) is 0 Å². The number of amides is 1. The normalized spacial score (nSPS) is 22.0. The van der Waals surface area contributed by atoms with Gasteiger partial charge in [-0.1, -0.05) is 5.57 Å². The maximum absolute atomic E-state index is 11.2. The highest BCUT2D eigenvalue weighted by Gasteiger charge is 2.14. The third kappa shape index (κ3) is 3.05. The molecule has 1 saturated heterocycles. The second kappa shape index (κ2) is 4.26. The monoisotopic (exact) mass is 168 g/mol. The van der Waals surface area contributed by atoms with Crippen LogP contribution in [0.2, 0.25) is 0 Å². The summed E-state index contributed by atoms with van der Waals surface area (Å²) in [4.78, 5) is 11.2. The second-order valence-corrected chi connectivity index (χ2v) is 3.42. The van der Waals surface area contributed by atoms with Gasteiger partial charge in [-0.15, -0.1) is 0 Å². The zero-order valence-corrected chi connectivity index (χ0v) is 7.68. The van der Waals surface area contributed by atoms with Crippen LogP contribution in [0.25, 0.3) is 0 Å². The van der Waals surface area contributed by atoms with Gasteiger partial charge >= 0.3 is 0 Å². The molecule has 3 heteroatoms. The van der Waals surface area contributed by atoms with Crippen molar-refractivity contribution < 1.29 is 4.79 Å². The first-order chi connectivity index (χ1) is 5.68. The summed E-state index contributed by atoms with van der Waals surface area (Å²) in [5, 5.41) is 6.13. The lowest BCUT2D eigenvalue weighted by Gasteiger charge is -2.08. The Balaban J connectivity index is 2.30. The van der Waals surface area contributed by atoms with Crippen molar-refractivity contribution >= 4 is 5.91 Å². The van der Waals surface area contributed by atoms with Crippen LogP contribution in [0.4, 0.5) is 0 Å². The van der Waals surface area contributed by atoms with E-state index in [4.69, 9.17) is 0 Å². The van der Waals surface area contributed by atoms with Gasteiger partial charge in [-0.3, -0.25) is 4.79 Å². The van der Waals surface area contributed by atoms with Crippen molar-refractivity contribution in [2.75, 3.05) is 13.1 Å². The lowest BCUT2D eigenvalue weighted by atomic mass is 10.2. The van der Waals surface area contributed by atoms with E-state index in [1.165, 1.54) is 0 Å². The minimum atomic E-state index is 0.0312. The molecule has 1 rings (SSSR count). The van der Waals surface area contributed by atoms with Gasteiger partial charge in [0.1, 0.15) is 0 Å². The molecule has 0 spiro atoms. The van der Waals surface area contributed by atoms with E-state index in [9.17, 15) is 4.79 Å². The van der Waals surface area contributed by atoms with E-state index >= 15 is 0 Å². The molecule has 2 N–H and O–H groups in total. The smallest absolute Gasteiger partial charge is 0.244 e. The van der Waals surface area contributed by atoms with Crippen LogP contribution in [-0.4, -0.2) is 25.0 Å². The molecule has 0 aromatic rings. The maximum atomic E-state index is 11.2. The largest absolute Gasteiger partial charge is 0.348 e. The van der Waals surface area contributed by atoms with Crippen molar-refractivity contribution in [3.05, 3.63) is 11.6 Å². The van der Waals surface area contributed by atoms with E-state index < -0.39 is 0 Å². The summed E-state index contributed by atoms with van der Waals surface area (Å²) < 4.78 is 0. The molecule has 1 amide bonds. The summed E-state index contributed by atoms with van der Waals surface area (Å²) in [6, 6.07) is 0.327. The maximum Gasteiger partial charge on any atom is 0.244 e. The molecule has 1 fully saturated rings. The predicted octanol–water partition coefficient (Wildman–Crippen LogP) is 0.431. The zero-order valence-electron chi connectivity index (χ0n) is 7.68. The molecule has 3 nitrogen and oxygen atoms in total. The Morgan fingerprint density at radius 2 is 2.33 bits per heavy atom. The van der Waals surface area contributed by atoms with Crippen LogP contribution < -0.4 is 10.6 Å². The van der Waals surface area contributed by atoms with E-state index in [0.29, 0.717) is 6.04 Å². The number of hydrogen-bond donors (Lipinski definition) is 2. The molecule has 0 radical (unpaired) electrons. The summed E-state index contributed by atoms with van der Waals surface area (Å²) in [6.07, 6.45) is 2.68. The van der Waals surface area contributed by atoms with Crippen LogP contribution in [0.1, 0.15) is 20.3 Å². The molecule has 1 aliphatic rings. The fourth-order valence-electron chi connectivity index (χ4n) is 1.28. The van der Waals surface area contributed by atoms with Crippen molar-refractivity contribution in [1.82, 2.24) is 10.6 Å². The van der Waals surface area contributed by atoms with E-state index in [2.05, 4.69) is 10.6 Å². The zero-order chi connectivity index (χ0) is 8.97. The van der Waals surface area contributed by atoms with Gasteiger partial charge in [-0.2, -0.15) is 0 Å². The summed E-state index contributed by atoms with van der Waals surface area (Å²) in [6.45, 7) is 5.76. The molecule has 12 heavy (non-hydrogen) atoms. The third-order valence-corrected chi connectivity index (χ3v) is 1.83. The minimum Gasteiger partial charge on any atom is -0.348 e. The average molecular weight is 168 g/mol. The van der Waals surface area contributed by atoms with E-state index in [1.807, 2.05) is 13.8 Å². The van der Waals surface area contributed by atoms with Gasteiger partial charge in [-0.25, -0.2) is 0 Å². The summed E-state index contributed by atoms with van der Waals surface area (Å²) in [7, 11) is 0. The van der Waals surface area contributed by atoms with Gasteiger partial charge in [0.05, 0.1) is 0 Å². The Labute approximate surface area is 73.2 Å². The first-order valence-corrected chi connectivity index (χ1v) is 4.34. The number of carbonyl (C=O) groups is 1. The third-order valence-electron chi connectivity index (χ3n) is 1.83. The van der Waals surface area contributed by atoms with Gasteiger partial charge < -0.3 is 10.6 Å². The summed E-state index contributed by atoms with van der Waals surface area (Å²) in [5.74, 6) is 0.0312. The quantitative estimate of drug-likeness (QED) is 0.587. The van der Waals surface area contributed by atoms with Crippen molar-refractivity contribution in [1.29, 1.82) is 0 Å². The van der Waals surface area contributed by atoms with Gasteiger partial charge in [0.15, 0.2) is 0 Å². The molecule has 0 bridgehead atoms. The number of nitrogens with one attached hydrogen (secondary N) is 2. The van der Waals surface area contributed by atoms with Gasteiger partial charge in [0.2, 0.25) is 5.91 Å². The topological polar surface area (TPSA) is 41.1 Å². The molecule has 0 aliphatic carbocycles. The highest BCUT2D eigenvalue weighted by atomic mass is 16.1. The van der Waals surface area contributed by atoms with Crippen LogP contribution >= 0.6 is 0 Å². The van der Waals surface area contributed by atoms with Gasteiger partial charge in [0, 0.05) is 18.7 Å². The number of hydrogen-bond acceptors (Lipinski definition) is 2. The molecule has 1 atom stereocenters. The van der Waals surface area contributed by atoms with Crippen molar-refractivity contribution in [2.24, 2.45) is 0 Å². The van der Waals surface area contributed by atoms with Gasteiger partial charge in [0.25, 0.3) is 0 Å². The van der Waals surface area contributed by atoms with E-state index in [1.54, 1.807) is 6.08 Å².